The van der Waals surface area contributed by atoms with Crippen LogP contribution in [0.1, 0.15) is 39.0 Å². The molecule has 1 saturated heterocycles. The Bertz CT molecular complexity index is 375. The monoisotopic (exact) mass is 312 g/mol. The Morgan fingerprint density at radius 1 is 1.28 bits per heavy atom. The SMILES string of the molecule is CCCNc1nc(N2CCCCCC2)ncc1Br. The van der Waals surface area contributed by atoms with Crippen molar-refractivity contribution in [1.82, 2.24) is 9.97 Å². The number of nitrogens with zero attached hydrogens (tertiary/aromatic N) is 3. The highest BCUT2D eigenvalue weighted by Gasteiger charge is 2.14. The summed E-state index contributed by atoms with van der Waals surface area (Å²) >= 11 is 3.49. The fraction of sp³-hybridized carbons (Fsp3) is 0.692. The molecule has 18 heavy (non-hydrogen) atoms. The van der Waals surface area contributed by atoms with Gasteiger partial charge in [-0.2, -0.15) is 4.98 Å². The van der Waals surface area contributed by atoms with Crippen molar-refractivity contribution in [1.29, 1.82) is 0 Å². The minimum Gasteiger partial charge on any atom is -0.369 e. The molecule has 2 heterocycles. The molecule has 0 bridgehead atoms. The minimum absolute atomic E-state index is 0.860. The number of hydrogen-bond donors (Lipinski definition) is 1. The van der Waals surface area contributed by atoms with Crippen LogP contribution < -0.4 is 10.2 Å². The Labute approximate surface area is 117 Å². The average molecular weight is 313 g/mol. The maximum Gasteiger partial charge on any atom is 0.227 e. The molecule has 0 aromatic carbocycles. The van der Waals surface area contributed by atoms with E-state index in [0.29, 0.717) is 0 Å². The van der Waals surface area contributed by atoms with E-state index in [-0.39, 0.29) is 0 Å². The van der Waals surface area contributed by atoms with Crippen molar-refractivity contribution in [3.63, 3.8) is 0 Å². The molecule has 1 aliphatic heterocycles. The summed E-state index contributed by atoms with van der Waals surface area (Å²) in [5, 5.41) is 3.33. The molecule has 1 aromatic rings. The summed E-state index contributed by atoms with van der Waals surface area (Å²) in [6.45, 7) is 5.25. The third-order valence-corrected chi connectivity index (χ3v) is 3.74. The Morgan fingerprint density at radius 3 is 2.67 bits per heavy atom. The van der Waals surface area contributed by atoms with Gasteiger partial charge in [0.25, 0.3) is 0 Å². The third kappa shape index (κ3) is 3.57. The largest absolute Gasteiger partial charge is 0.369 e. The number of anilines is 2. The second-order valence-corrected chi connectivity index (χ2v) is 5.55. The Kier molecular flexibility index (Phi) is 5.23. The van der Waals surface area contributed by atoms with Crippen molar-refractivity contribution in [3.8, 4) is 0 Å². The highest BCUT2D eigenvalue weighted by molar-refractivity contribution is 9.10. The van der Waals surface area contributed by atoms with Crippen molar-refractivity contribution in [3.05, 3.63) is 10.7 Å². The third-order valence-electron chi connectivity index (χ3n) is 3.16. The van der Waals surface area contributed by atoms with Crippen LogP contribution in [-0.2, 0) is 0 Å². The Morgan fingerprint density at radius 2 is 2.00 bits per heavy atom. The Balaban J connectivity index is 2.11. The van der Waals surface area contributed by atoms with Crippen molar-refractivity contribution in [2.45, 2.75) is 39.0 Å². The lowest BCUT2D eigenvalue weighted by Gasteiger charge is -2.21. The second-order valence-electron chi connectivity index (χ2n) is 4.69. The highest BCUT2D eigenvalue weighted by atomic mass is 79.9. The summed E-state index contributed by atoms with van der Waals surface area (Å²) in [6.07, 6.45) is 8.09. The van der Waals surface area contributed by atoms with Gasteiger partial charge in [0.05, 0.1) is 4.47 Å². The molecule has 2 rings (SSSR count). The summed E-state index contributed by atoms with van der Waals surface area (Å²) < 4.78 is 0.939. The molecule has 0 saturated carbocycles. The van der Waals surface area contributed by atoms with Crippen LogP contribution in [0.3, 0.4) is 0 Å². The van der Waals surface area contributed by atoms with Crippen LogP contribution in [0.2, 0.25) is 0 Å². The van der Waals surface area contributed by atoms with Crippen LogP contribution in [0.5, 0.6) is 0 Å². The average Bonchev–Trinajstić information content (AvgIpc) is 2.67. The standard InChI is InChI=1S/C13H21BrN4/c1-2-7-15-12-11(14)10-16-13(17-12)18-8-5-3-4-6-9-18/h10H,2-9H2,1H3,(H,15,16,17). The van der Waals surface area contributed by atoms with E-state index < -0.39 is 0 Å². The predicted molar refractivity (Wildman–Crippen MR) is 79.2 cm³/mol. The van der Waals surface area contributed by atoms with E-state index in [2.05, 4.69) is 43.0 Å². The zero-order chi connectivity index (χ0) is 12.8. The van der Waals surface area contributed by atoms with Gasteiger partial charge >= 0.3 is 0 Å². The molecule has 0 amide bonds. The lowest BCUT2D eigenvalue weighted by molar-refractivity contribution is 0.726. The molecule has 0 spiro atoms. The van der Waals surface area contributed by atoms with E-state index in [0.717, 1.165) is 42.3 Å². The van der Waals surface area contributed by atoms with Crippen molar-refractivity contribution >= 4 is 27.7 Å². The van der Waals surface area contributed by atoms with Gasteiger partial charge in [0, 0.05) is 25.8 Å². The summed E-state index contributed by atoms with van der Waals surface area (Å²) in [5.74, 6) is 1.77. The normalized spacial score (nSPS) is 16.4. The molecule has 100 valence electrons. The van der Waals surface area contributed by atoms with Crippen molar-refractivity contribution < 1.29 is 0 Å². The summed E-state index contributed by atoms with van der Waals surface area (Å²) in [4.78, 5) is 11.4. The van der Waals surface area contributed by atoms with Crippen LogP contribution in [0.4, 0.5) is 11.8 Å². The summed E-state index contributed by atoms with van der Waals surface area (Å²) in [5.41, 5.74) is 0. The fourth-order valence-electron chi connectivity index (χ4n) is 2.15. The topological polar surface area (TPSA) is 41.1 Å². The number of halogens is 1. The molecule has 0 aliphatic carbocycles. The fourth-order valence-corrected chi connectivity index (χ4v) is 2.48. The molecule has 0 atom stereocenters. The first kappa shape index (κ1) is 13.6. The predicted octanol–water partition coefficient (Wildman–Crippen LogP) is 3.44. The van der Waals surface area contributed by atoms with Gasteiger partial charge in [-0.1, -0.05) is 19.8 Å². The molecular weight excluding hydrogens is 292 g/mol. The second kappa shape index (κ2) is 6.92. The van der Waals surface area contributed by atoms with Crippen LogP contribution in [0.15, 0.2) is 10.7 Å². The van der Waals surface area contributed by atoms with E-state index in [1.165, 1.54) is 25.7 Å². The first-order valence-electron chi connectivity index (χ1n) is 6.82. The first-order valence-corrected chi connectivity index (χ1v) is 7.62. The molecule has 1 aromatic heterocycles. The zero-order valence-electron chi connectivity index (χ0n) is 11.0. The molecule has 1 fully saturated rings. The minimum atomic E-state index is 0.860. The highest BCUT2D eigenvalue weighted by Crippen LogP contribution is 2.23. The van der Waals surface area contributed by atoms with Gasteiger partial charge < -0.3 is 10.2 Å². The van der Waals surface area contributed by atoms with Gasteiger partial charge in [0.2, 0.25) is 5.95 Å². The molecule has 5 heteroatoms. The van der Waals surface area contributed by atoms with Gasteiger partial charge in [-0.25, -0.2) is 4.98 Å². The number of hydrogen-bond acceptors (Lipinski definition) is 4. The van der Waals surface area contributed by atoms with Crippen molar-refractivity contribution in [2.75, 3.05) is 29.9 Å². The van der Waals surface area contributed by atoms with Gasteiger partial charge in [0.15, 0.2) is 0 Å². The first-order chi connectivity index (χ1) is 8.81. The van der Waals surface area contributed by atoms with Crippen LogP contribution >= 0.6 is 15.9 Å². The summed E-state index contributed by atoms with van der Waals surface area (Å²) in [6, 6.07) is 0. The molecule has 1 N–H and O–H groups in total. The van der Waals surface area contributed by atoms with Crippen LogP contribution in [0.25, 0.3) is 0 Å². The quantitative estimate of drug-likeness (QED) is 0.924. The molecule has 0 unspecified atom stereocenters. The molecule has 4 nitrogen and oxygen atoms in total. The maximum atomic E-state index is 4.63. The van der Waals surface area contributed by atoms with E-state index >= 15 is 0 Å². The number of nitrogens with one attached hydrogen (secondary N) is 1. The van der Waals surface area contributed by atoms with E-state index in [1.807, 2.05) is 6.20 Å². The smallest absolute Gasteiger partial charge is 0.227 e. The van der Waals surface area contributed by atoms with Crippen molar-refractivity contribution in [2.24, 2.45) is 0 Å². The van der Waals surface area contributed by atoms with Crippen LogP contribution in [-0.4, -0.2) is 29.6 Å². The van der Waals surface area contributed by atoms with Gasteiger partial charge in [0.1, 0.15) is 5.82 Å². The van der Waals surface area contributed by atoms with E-state index in [9.17, 15) is 0 Å². The molecular formula is C13H21BrN4. The summed E-state index contributed by atoms with van der Waals surface area (Å²) in [7, 11) is 0. The van der Waals surface area contributed by atoms with Gasteiger partial charge in [-0.05, 0) is 35.2 Å². The molecule has 1 aliphatic rings. The lowest BCUT2D eigenvalue weighted by atomic mass is 10.2. The van der Waals surface area contributed by atoms with Gasteiger partial charge in [-0.3, -0.25) is 0 Å². The maximum absolute atomic E-state index is 4.63. The Hall–Kier alpha value is -0.840. The van der Waals surface area contributed by atoms with E-state index in [1.54, 1.807) is 0 Å². The van der Waals surface area contributed by atoms with Crippen LogP contribution in [0, 0.1) is 0 Å². The number of aromatic nitrogens is 2. The zero-order valence-corrected chi connectivity index (χ0v) is 12.5. The number of rotatable bonds is 4. The lowest BCUT2D eigenvalue weighted by Crippen LogP contribution is -2.26. The van der Waals surface area contributed by atoms with Gasteiger partial charge in [-0.15, -0.1) is 0 Å². The van der Waals surface area contributed by atoms with E-state index in [4.69, 9.17) is 0 Å². The molecule has 0 radical (unpaired) electrons.